The number of rotatable bonds is 4. The summed E-state index contributed by atoms with van der Waals surface area (Å²) in [5.74, 6) is -0.596. The molecule has 3 rings (SSSR count). The van der Waals surface area contributed by atoms with Gasteiger partial charge in [-0.25, -0.2) is 13.1 Å². The second kappa shape index (κ2) is 6.45. The van der Waals surface area contributed by atoms with E-state index in [0.29, 0.717) is 29.7 Å². The number of ether oxygens (including phenoxy) is 1. The number of nitrogens with zero attached hydrogens (tertiary/aromatic N) is 2. The van der Waals surface area contributed by atoms with Crippen molar-refractivity contribution in [2.45, 2.75) is 56.4 Å². The summed E-state index contributed by atoms with van der Waals surface area (Å²) in [5.41, 5.74) is 1.49. The molecule has 1 atom stereocenters. The Morgan fingerprint density at radius 2 is 2.04 bits per heavy atom. The molecule has 1 aliphatic rings. The Morgan fingerprint density at radius 1 is 1.37 bits per heavy atom. The van der Waals surface area contributed by atoms with E-state index in [1.807, 2.05) is 0 Å². The first kappa shape index (κ1) is 19.6. The van der Waals surface area contributed by atoms with Gasteiger partial charge in [0.05, 0.1) is 21.9 Å². The summed E-state index contributed by atoms with van der Waals surface area (Å²) in [6.07, 6.45) is 1.20. The number of benzene rings is 1. The molecule has 0 saturated carbocycles. The number of ketones is 1. The topological polar surface area (TPSA) is 98.5 Å². The van der Waals surface area contributed by atoms with Gasteiger partial charge in [-0.2, -0.15) is 5.10 Å². The number of aryl methyl sites for hydroxylation is 1. The third-order valence-corrected chi connectivity index (χ3v) is 7.93. The van der Waals surface area contributed by atoms with Gasteiger partial charge in [0.15, 0.2) is 15.6 Å². The molecule has 0 bridgehead atoms. The maximum Gasteiger partial charge on any atom is 0.220 e. The standard InChI is InChI=1S/C19H24N2O5S/c1-6-21-18(23)13(10-20-21)17(22)12-7-8-15-16(11(12)2)14(26-5)9-19(3,4)27(15,24)25/h7-8,10,14,23H,6,9H2,1-5H3. The minimum atomic E-state index is -3.56. The zero-order chi connectivity index (χ0) is 20.1. The number of fused-ring (bicyclic) bond motifs is 1. The van der Waals surface area contributed by atoms with E-state index >= 15 is 0 Å². The van der Waals surface area contributed by atoms with E-state index in [4.69, 9.17) is 4.74 Å². The minimum Gasteiger partial charge on any atom is -0.493 e. The van der Waals surface area contributed by atoms with Gasteiger partial charge in [-0.15, -0.1) is 0 Å². The van der Waals surface area contributed by atoms with Crippen LogP contribution in [-0.2, 0) is 21.1 Å². The number of aromatic nitrogens is 2. The van der Waals surface area contributed by atoms with Crippen LogP contribution in [0.2, 0.25) is 0 Å². The molecule has 1 unspecified atom stereocenters. The van der Waals surface area contributed by atoms with E-state index in [9.17, 15) is 18.3 Å². The summed E-state index contributed by atoms with van der Waals surface area (Å²) in [4.78, 5) is 13.2. The quantitative estimate of drug-likeness (QED) is 0.804. The lowest BCUT2D eigenvalue weighted by molar-refractivity contribution is 0.0814. The first-order valence-corrected chi connectivity index (χ1v) is 10.3. The lowest BCUT2D eigenvalue weighted by Crippen LogP contribution is -2.39. The van der Waals surface area contributed by atoms with Crippen LogP contribution >= 0.6 is 0 Å². The summed E-state index contributed by atoms with van der Waals surface area (Å²) < 4.78 is 31.9. The average Bonchev–Trinajstić information content (AvgIpc) is 2.98. The molecule has 146 valence electrons. The second-order valence-corrected chi connectivity index (χ2v) is 9.92. The zero-order valence-corrected chi connectivity index (χ0v) is 16.9. The summed E-state index contributed by atoms with van der Waals surface area (Å²) >= 11 is 0. The Bertz CT molecular complexity index is 1020. The first-order chi connectivity index (χ1) is 12.6. The molecule has 0 aliphatic carbocycles. The van der Waals surface area contributed by atoms with Gasteiger partial charge in [0.2, 0.25) is 5.88 Å². The Kier molecular flexibility index (Phi) is 4.68. The number of sulfone groups is 1. The van der Waals surface area contributed by atoms with Gasteiger partial charge in [0, 0.05) is 24.8 Å². The molecule has 0 radical (unpaired) electrons. The fraction of sp³-hybridized carbons (Fsp3) is 0.474. The maximum absolute atomic E-state index is 13.0. The van der Waals surface area contributed by atoms with Crippen LogP contribution in [0.15, 0.2) is 23.2 Å². The van der Waals surface area contributed by atoms with Gasteiger partial charge < -0.3 is 9.84 Å². The highest BCUT2D eigenvalue weighted by Gasteiger charge is 2.46. The number of methoxy groups -OCH3 is 1. The zero-order valence-electron chi connectivity index (χ0n) is 16.1. The molecule has 1 aromatic heterocycles. The Labute approximate surface area is 158 Å². The van der Waals surface area contributed by atoms with E-state index in [-0.39, 0.29) is 16.3 Å². The third kappa shape index (κ3) is 2.78. The molecule has 1 N–H and O–H groups in total. The van der Waals surface area contributed by atoms with Gasteiger partial charge >= 0.3 is 0 Å². The molecular weight excluding hydrogens is 368 g/mol. The minimum absolute atomic E-state index is 0.0906. The van der Waals surface area contributed by atoms with Gasteiger partial charge in [0.1, 0.15) is 5.56 Å². The molecule has 2 aromatic rings. The van der Waals surface area contributed by atoms with Crippen LogP contribution in [0.3, 0.4) is 0 Å². The second-order valence-electron chi connectivity index (χ2n) is 7.37. The normalized spacial score (nSPS) is 20.3. The van der Waals surface area contributed by atoms with E-state index in [2.05, 4.69) is 5.10 Å². The van der Waals surface area contributed by atoms with Crippen molar-refractivity contribution >= 4 is 15.6 Å². The lowest BCUT2D eigenvalue weighted by Gasteiger charge is -2.37. The molecule has 1 aromatic carbocycles. The van der Waals surface area contributed by atoms with Crippen LogP contribution in [-0.4, -0.2) is 40.9 Å². The Hall–Kier alpha value is -2.19. The number of aromatic hydroxyl groups is 1. The van der Waals surface area contributed by atoms with Gasteiger partial charge in [0.25, 0.3) is 0 Å². The third-order valence-electron chi connectivity index (χ3n) is 5.38. The largest absolute Gasteiger partial charge is 0.493 e. The molecule has 2 heterocycles. The predicted octanol–water partition coefficient (Wildman–Crippen LogP) is 2.79. The van der Waals surface area contributed by atoms with Crippen LogP contribution in [0, 0.1) is 6.92 Å². The number of carbonyl (C=O) groups is 1. The van der Waals surface area contributed by atoms with Crippen LogP contribution in [0.1, 0.15) is 60.3 Å². The van der Waals surface area contributed by atoms with Gasteiger partial charge in [-0.3, -0.25) is 4.79 Å². The molecule has 0 spiro atoms. The highest BCUT2D eigenvalue weighted by molar-refractivity contribution is 7.93. The fourth-order valence-electron chi connectivity index (χ4n) is 3.66. The molecule has 7 nitrogen and oxygen atoms in total. The summed E-state index contributed by atoms with van der Waals surface area (Å²) in [5, 5.41) is 14.2. The monoisotopic (exact) mass is 392 g/mol. The van der Waals surface area contributed by atoms with E-state index in [1.165, 1.54) is 30.1 Å². The van der Waals surface area contributed by atoms with Crippen molar-refractivity contribution in [3.63, 3.8) is 0 Å². The van der Waals surface area contributed by atoms with Crippen molar-refractivity contribution in [1.29, 1.82) is 0 Å². The summed E-state index contributed by atoms with van der Waals surface area (Å²) in [6, 6.07) is 2.98. The summed E-state index contributed by atoms with van der Waals surface area (Å²) in [7, 11) is -2.02. The lowest BCUT2D eigenvalue weighted by atomic mass is 9.90. The van der Waals surface area contributed by atoms with E-state index in [0.717, 1.165) is 0 Å². The number of hydrogen-bond donors (Lipinski definition) is 1. The SMILES string of the molecule is CCn1ncc(C(=O)c2ccc3c(c2C)C(OC)CC(C)(C)S3(=O)=O)c1O. The Morgan fingerprint density at radius 3 is 2.59 bits per heavy atom. The van der Waals surface area contributed by atoms with Crippen LogP contribution < -0.4 is 0 Å². The van der Waals surface area contributed by atoms with Crippen LogP contribution in [0.5, 0.6) is 5.88 Å². The van der Waals surface area contributed by atoms with E-state index in [1.54, 1.807) is 27.7 Å². The van der Waals surface area contributed by atoms with Crippen molar-refractivity contribution in [3.8, 4) is 5.88 Å². The fourth-order valence-corrected chi connectivity index (χ4v) is 5.44. The highest BCUT2D eigenvalue weighted by Crippen LogP contribution is 2.46. The molecule has 0 amide bonds. The first-order valence-electron chi connectivity index (χ1n) is 8.77. The molecular formula is C19H24N2O5S. The average molecular weight is 392 g/mol. The van der Waals surface area contributed by atoms with Crippen molar-refractivity contribution in [3.05, 3.63) is 40.6 Å². The summed E-state index contributed by atoms with van der Waals surface area (Å²) in [6.45, 7) is 7.32. The van der Waals surface area contributed by atoms with Crippen LogP contribution in [0.4, 0.5) is 0 Å². The van der Waals surface area contributed by atoms with E-state index < -0.39 is 26.5 Å². The molecule has 1 aliphatic heterocycles. The van der Waals surface area contributed by atoms with Crippen molar-refractivity contribution in [2.75, 3.05) is 7.11 Å². The highest BCUT2D eigenvalue weighted by atomic mass is 32.2. The smallest absolute Gasteiger partial charge is 0.220 e. The van der Waals surface area contributed by atoms with Crippen molar-refractivity contribution < 1.29 is 23.1 Å². The maximum atomic E-state index is 13.0. The van der Waals surface area contributed by atoms with Crippen molar-refractivity contribution in [1.82, 2.24) is 9.78 Å². The predicted molar refractivity (Wildman–Crippen MR) is 99.8 cm³/mol. The molecule has 27 heavy (non-hydrogen) atoms. The van der Waals surface area contributed by atoms with Gasteiger partial charge in [-0.1, -0.05) is 0 Å². The van der Waals surface area contributed by atoms with Gasteiger partial charge in [-0.05, 0) is 51.8 Å². The number of carbonyl (C=O) groups excluding carboxylic acids is 1. The van der Waals surface area contributed by atoms with Crippen molar-refractivity contribution in [2.24, 2.45) is 0 Å². The molecule has 0 fully saturated rings. The van der Waals surface area contributed by atoms with Crippen LogP contribution in [0.25, 0.3) is 0 Å². The number of hydrogen-bond acceptors (Lipinski definition) is 6. The Balaban J connectivity index is 2.20. The molecule has 0 saturated heterocycles. The molecule has 8 heteroatoms.